The monoisotopic (exact) mass is 491 g/mol. The first-order chi connectivity index (χ1) is 14.2. The Bertz CT molecular complexity index is 932. The van der Waals surface area contributed by atoms with E-state index in [4.69, 9.17) is 50.1 Å². The van der Waals surface area contributed by atoms with E-state index in [-0.39, 0.29) is 11.1 Å². The van der Waals surface area contributed by atoms with E-state index in [9.17, 15) is 4.39 Å². The van der Waals surface area contributed by atoms with Crippen molar-refractivity contribution < 1.29 is 14.7 Å². The van der Waals surface area contributed by atoms with Crippen LogP contribution in [0.5, 0.6) is 0 Å². The minimum Gasteiger partial charge on any atom is -0.336 e. The van der Waals surface area contributed by atoms with E-state index in [1.54, 1.807) is 36.4 Å². The molecule has 160 valence electrons. The molecule has 0 aliphatic heterocycles. The highest BCUT2D eigenvalue weighted by Crippen LogP contribution is 2.40. The first-order valence-electron chi connectivity index (χ1n) is 8.59. The predicted octanol–water partition coefficient (Wildman–Crippen LogP) is 6.43. The molecule has 0 aliphatic rings. The van der Waals surface area contributed by atoms with Gasteiger partial charge >= 0.3 is 0 Å². The van der Waals surface area contributed by atoms with Crippen LogP contribution >= 0.6 is 46.6 Å². The van der Waals surface area contributed by atoms with Crippen LogP contribution in [0.2, 0.25) is 15.1 Å². The highest BCUT2D eigenvalue weighted by atomic mass is 35.5. The van der Waals surface area contributed by atoms with Gasteiger partial charge in [0.15, 0.2) is 0 Å². The Kier molecular flexibility index (Phi) is 9.71. The summed E-state index contributed by atoms with van der Waals surface area (Å²) >= 11 is 20.3. The van der Waals surface area contributed by atoms with Gasteiger partial charge in [0.05, 0.1) is 16.4 Å². The van der Waals surface area contributed by atoms with Gasteiger partial charge in [-0.05, 0) is 42.7 Å². The zero-order valence-corrected chi connectivity index (χ0v) is 18.5. The van der Waals surface area contributed by atoms with Crippen molar-refractivity contribution in [2.45, 2.75) is 29.5 Å². The molecule has 1 aromatic heterocycles. The number of thioether (sulfide) groups is 1. The average Bonchev–Trinajstić information content (AvgIpc) is 3.16. The Morgan fingerprint density at radius 1 is 1.20 bits per heavy atom. The molecule has 0 saturated carbocycles. The summed E-state index contributed by atoms with van der Waals surface area (Å²) in [6.07, 6.45) is 7.18. The zero-order valence-electron chi connectivity index (χ0n) is 15.4. The second-order valence-electron chi connectivity index (χ2n) is 6.10. The number of imidazole rings is 1. The minimum absolute atomic E-state index is 0.213. The number of rotatable bonds is 7. The molecule has 0 fully saturated rings. The Morgan fingerprint density at radius 3 is 2.33 bits per heavy atom. The maximum absolute atomic E-state index is 13.1. The van der Waals surface area contributed by atoms with E-state index in [2.05, 4.69) is 4.98 Å². The van der Waals surface area contributed by atoms with Crippen LogP contribution in [0.15, 0.2) is 60.0 Å². The zero-order chi connectivity index (χ0) is 22.1. The average molecular weight is 493 g/mol. The summed E-state index contributed by atoms with van der Waals surface area (Å²) < 4.78 is 15.1. The van der Waals surface area contributed by atoms with E-state index < -0.39 is 5.09 Å². The van der Waals surface area contributed by atoms with Gasteiger partial charge in [0.1, 0.15) is 5.82 Å². The van der Waals surface area contributed by atoms with Crippen molar-refractivity contribution in [2.24, 2.45) is 0 Å². The molecule has 0 spiro atoms. The lowest BCUT2D eigenvalue weighted by Crippen LogP contribution is -2.13. The van der Waals surface area contributed by atoms with Crippen molar-refractivity contribution in [3.8, 4) is 0 Å². The first kappa shape index (κ1) is 24.3. The molecule has 2 aromatic carbocycles. The van der Waals surface area contributed by atoms with Gasteiger partial charge in [-0.25, -0.2) is 9.37 Å². The van der Waals surface area contributed by atoms with Gasteiger partial charge in [0, 0.05) is 34.1 Å². The SMILES string of the molecule is Fc1ccc(CCC(Cn2ccnc2)Sc2c(Cl)cc(Cl)cc2Cl)cc1.O=[N+]([O-])O. The van der Waals surface area contributed by atoms with E-state index in [0.717, 1.165) is 29.8 Å². The third-order valence-corrected chi connectivity index (χ3v) is 6.32. The molecule has 3 rings (SSSR count). The fourth-order valence-electron chi connectivity index (χ4n) is 2.60. The third-order valence-electron chi connectivity index (χ3n) is 3.89. The molecule has 0 bridgehead atoms. The van der Waals surface area contributed by atoms with Gasteiger partial charge in [-0.2, -0.15) is 0 Å². The molecule has 0 aliphatic carbocycles. The van der Waals surface area contributed by atoms with Crippen LogP contribution in [0, 0.1) is 15.9 Å². The molecular weight excluding hydrogens is 476 g/mol. The molecule has 0 saturated heterocycles. The summed E-state index contributed by atoms with van der Waals surface area (Å²) in [6, 6.07) is 10.0. The minimum atomic E-state index is -1.50. The van der Waals surface area contributed by atoms with Crippen LogP contribution in [-0.4, -0.2) is 25.1 Å². The summed E-state index contributed by atoms with van der Waals surface area (Å²) in [5.74, 6) is -0.224. The van der Waals surface area contributed by atoms with Gasteiger partial charge in [-0.15, -0.1) is 21.9 Å². The maximum atomic E-state index is 13.1. The van der Waals surface area contributed by atoms with Crippen molar-refractivity contribution in [3.63, 3.8) is 0 Å². The highest BCUT2D eigenvalue weighted by Gasteiger charge is 2.17. The summed E-state index contributed by atoms with van der Waals surface area (Å²) in [7, 11) is 0. The topological polar surface area (TPSA) is 81.2 Å². The van der Waals surface area contributed by atoms with E-state index in [1.807, 2.05) is 22.9 Å². The molecule has 1 heterocycles. The standard InChI is InChI=1S/C19H16Cl3FN2S.HNO3/c20-14-9-17(21)19(18(22)10-14)26-16(11-25-8-7-24-12-25)6-3-13-1-4-15(23)5-2-13;2-1(3)4/h1-2,4-5,7-10,12,16H,3,6,11H2;(H,2,3,4). The Morgan fingerprint density at radius 2 is 1.80 bits per heavy atom. The smallest absolute Gasteiger partial charge is 0.291 e. The van der Waals surface area contributed by atoms with Crippen molar-refractivity contribution >= 4 is 46.6 Å². The second kappa shape index (κ2) is 12.0. The lowest BCUT2D eigenvalue weighted by atomic mass is 10.1. The van der Waals surface area contributed by atoms with Crippen LogP contribution in [0.3, 0.4) is 0 Å². The van der Waals surface area contributed by atoms with Gasteiger partial charge in [0.25, 0.3) is 5.09 Å². The van der Waals surface area contributed by atoms with Crippen molar-refractivity contribution in [2.75, 3.05) is 0 Å². The fourth-order valence-corrected chi connectivity index (χ4v) is 4.85. The fraction of sp³-hybridized carbons (Fsp3) is 0.211. The quantitative estimate of drug-likeness (QED) is 0.233. The van der Waals surface area contributed by atoms with Crippen LogP contribution in [-0.2, 0) is 13.0 Å². The lowest BCUT2D eigenvalue weighted by molar-refractivity contribution is -0.742. The molecule has 1 N–H and O–H groups in total. The van der Waals surface area contributed by atoms with Gasteiger partial charge < -0.3 is 9.77 Å². The number of hydrogen-bond donors (Lipinski definition) is 1. The summed E-state index contributed by atoms with van der Waals surface area (Å²) in [6.45, 7) is 0.765. The molecule has 30 heavy (non-hydrogen) atoms. The van der Waals surface area contributed by atoms with E-state index in [1.165, 1.54) is 12.1 Å². The number of halogens is 4. The van der Waals surface area contributed by atoms with Crippen molar-refractivity contribution in [1.82, 2.24) is 9.55 Å². The van der Waals surface area contributed by atoms with Crippen LogP contribution in [0.25, 0.3) is 0 Å². The Balaban J connectivity index is 0.000000735. The largest absolute Gasteiger partial charge is 0.336 e. The molecule has 1 unspecified atom stereocenters. The Labute approximate surface area is 191 Å². The van der Waals surface area contributed by atoms with Gasteiger partial charge in [-0.1, -0.05) is 46.9 Å². The molecule has 0 radical (unpaired) electrons. The number of aryl methyl sites for hydroxylation is 1. The number of nitrogens with zero attached hydrogens (tertiary/aromatic N) is 3. The molecule has 1 atom stereocenters. The van der Waals surface area contributed by atoms with E-state index >= 15 is 0 Å². The predicted molar refractivity (Wildman–Crippen MR) is 117 cm³/mol. The number of benzene rings is 2. The maximum Gasteiger partial charge on any atom is 0.291 e. The van der Waals surface area contributed by atoms with Gasteiger partial charge in [0.2, 0.25) is 0 Å². The summed E-state index contributed by atoms with van der Waals surface area (Å²) in [5.41, 5.74) is 1.09. The summed E-state index contributed by atoms with van der Waals surface area (Å²) in [4.78, 5) is 13.3. The molecular formula is C19H17Cl3FN3O3S. The molecule has 6 nitrogen and oxygen atoms in total. The Hall–Kier alpha value is -2.00. The summed E-state index contributed by atoms with van der Waals surface area (Å²) in [5, 5.41) is 15.5. The number of aromatic nitrogens is 2. The number of hydrogen-bond acceptors (Lipinski definition) is 4. The molecule has 11 heteroatoms. The van der Waals surface area contributed by atoms with Crippen LogP contribution < -0.4 is 0 Å². The van der Waals surface area contributed by atoms with Crippen molar-refractivity contribution in [1.29, 1.82) is 0 Å². The molecule has 0 amide bonds. The molecule has 3 aromatic rings. The lowest BCUT2D eigenvalue weighted by Gasteiger charge is -2.19. The normalized spacial score (nSPS) is 11.5. The van der Waals surface area contributed by atoms with Crippen LogP contribution in [0.4, 0.5) is 4.39 Å². The third kappa shape index (κ3) is 8.39. The van der Waals surface area contributed by atoms with E-state index in [0.29, 0.717) is 15.1 Å². The van der Waals surface area contributed by atoms with Crippen molar-refractivity contribution in [3.05, 3.63) is 91.7 Å². The van der Waals surface area contributed by atoms with Gasteiger partial charge in [-0.3, -0.25) is 0 Å². The second-order valence-corrected chi connectivity index (χ2v) is 8.66. The highest BCUT2D eigenvalue weighted by molar-refractivity contribution is 8.00. The first-order valence-corrected chi connectivity index (χ1v) is 10.6. The van der Waals surface area contributed by atoms with Crippen LogP contribution in [0.1, 0.15) is 12.0 Å².